The maximum absolute atomic E-state index is 11.2. The van der Waals surface area contributed by atoms with E-state index in [0.717, 1.165) is 32.0 Å². The summed E-state index contributed by atoms with van der Waals surface area (Å²) in [5, 5.41) is 3.45. The molecular formula is C15H30N2O2. The average molecular weight is 270 g/mol. The van der Waals surface area contributed by atoms with Crippen molar-refractivity contribution >= 4 is 5.97 Å². The highest BCUT2D eigenvalue weighted by Crippen LogP contribution is 2.13. The topological polar surface area (TPSA) is 41.6 Å². The molecule has 4 heteroatoms. The van der Waals surface area contributed by atoms with E-state index in [-0.39, 0.29) is 5.97 Å². The Kier molecular flexibility index (Phi) is 8.84. The fraction of sp³-hybridized carbons (Fsp3) is 0.933. The van der Waals surface area contributed by atoms with Crippen LogP contribution in [0.3, 0.4) is 0 Å². The number of unbranched alkanes of at least 4 members (excludes halogenated alkanes) is 2. The first kappa shape index (κ1) is 16.4. The van der Waals surface area contributed by atoms with Crippen LogP contribution in [0, 0.1) is 0 Å². The van der Waals surface area contributed by atoms with Gasteiger partial charge in [0.25, 0.3) is 0 Å². The summed E-state index contributed by atoms with van der Waals surface area (Å²) in [5.41, 5.74) is 0. The summed E-state index contributed by atoms with van der Waals surface area (Å²) in [6.45, 7) is 5.82. The van der Waals surface area contributed by atoms with Gasteiger partial charge in [0.2, 0.25) is 0 Å². The Hall–Kier alpha value is -0.610. The summed E-state index contributed by atoms with van der Waals surface area (Å²) >= 11 is 0. The number of rotatable bonds is 8. The number of nitrogens with zero attached hydrogens (tertiary/aromatic N) is 1. The molecule has 1 saturated heterocycles. The van der Waals surface area contributed by atoms with E-state index in [1.807, 2.05) is 6.92 Å². The van der Waals surface area contributed by atoms with Crippen molar-refractivity contribution in [3.63, 3.8) is 0 Å². The highest BCUT2D eigenvalue weighted by atomic mass is 16.5. The molecule has 0 bridgehead atoms. The third-order valence-corrected chi connectivity index (χ3v) is 3.87. The van der Waals surface area contributed by atoms with E-state index in [1.54, 1.807) is 0 Å². The molecule has 1 rings (SSSR count). The molecular weight excluding hydrogens is 240 g/mol. The second-order valence-corrected chi connectivity index (χ2v) is 5.43. The molecule has 0 spiro atoms. The minimum atomic E-state index is -0.0503. The molecule has 1 heterocycles. The van der Waals surface area contributed by atoms with Crippen LogP contribution in [-0.4, -0.2) is 50.2 Å². The Morgan fingerprint density at radius 1 is 1.26 bits per heavy atom. The van der Waals surface area contributed by atoms with Crippen molar-refractivity contribution in [2.24, 2.45) is 0 Å². The van der Waals surface area contributed by atoms with Crippen molar-refractivity contribution in [2.75, 3.05) is 33.3 Å². The number of ether oxygens (including phenoxy) is 1. The van der Waals surface area contributed by atoms with Gasteiger partial charge in [-0.1, -0.05) is 6.42 Å². The molecule has 1 atom stereocenters. The number of esters is 1. The van der Waals surface area contributed by atoms with E-state index in [4.69, 9.17) is 4.74 Å². The predicted octanol–water partition coefficient (Wildman–Crippen LogP) is 2.18. The molecule has 1 fully saturated rings. The maximum atomic E-state index is 11.2. The molecule has 0 aromatic heterocycles. The van der Waals surface area contributed by atoms with E-state index >= 15 is 0 Å². The number of nitrogens with one attached hydrogen (secondary N) is 1. The molecule has 1 unspecified atom stereocenters. The first-order valence-corrected chi connectivity index (χ1v) is 7.80. The fourth-order valence-electron chi connectivity index (χ4n) is 2.66. The first-order valence-electron chi connectivity index (χ1n) is 7.80. The second kappa shape index (κ2) is 10.2. The van der Waals surface area contributed by atoms with Crippen molar-refractivity contribution in [1.29, 1.82) is 0 Å². The molecule has 19 heavy (non-hydrogen) atoms. The average Bonchev–Trinajstić information content (AvgIpc) is 2.67. The lowest BCUT2D eigenvalue weighted by Crippen LogP contribution is -2.33. The zero-order chi connectivity index (χ0) is 13.9. The van der Waals surface area contributed by atoms with E-state index in [1.165, 1.54) is 32.2 Å². The smallest absolute Gasteiger partial charge is 0.305 e. The Bertz CT molecular complexity index is 238. The molecule has 1 aliphatic heterocycles. The zero-order valence-electron chi connectivity index (χ0n) is 12.6. The van der Waals surface area contributed by atoms with Gasteiger partial charge >= 0.3 is 5.97 Å². The van der Waals surface area contributed by atoms with Crippen molar-refractivity contribution in [1.82, 2.24) is 10.2 Å². The minimum absolute atomic E-state index is 0.0503. The third kappa shape index (κ3) is 7.53. The van der Waals surface area contributed by atoms with Crippen LogP contribution in [-0.2, 0) is 9.53 Å². The first-order chi connectivity index (χ1) is 9.24. The van der Waals surface area contributed by atoms with Crippen LogP contribution in [0.4, 0.5) is 0 Å². The molecule has 0 aliphatic carbocycles. The zero-order valence-corrected chi connectivity index (χ0v) is 12.6. The van der Waals surface area contributed by atoms with E-state index in [9.17, 15) is 4.79 Å². The van der Waals surface area contributed by atoms with Gasteiger partial charge < -0.3 is 15.0 Å². The molecule has 0 saturated carbocycles. The standard InChI is InChI=1S/C15H30N2O2/c1-3-19-15(18)9-5-4-6-13-17(2)14-8-7-11-16-12-10-14/h14,16H,3-13H2,1-2H3. The van der Waals surface area contributed by atoms with Crippen molar-refractivity contribution in [2.45, 2.75) is 57.9 Å². The van der Waals surface area contributed by atoms with Crippen LogP contribution >= 0.6 is 0 Å². The third-order valence-electron chi connectivity index (χ3n) is 3.87. The molecule has 4 nitrogen and oxygen atoms in total. The van der Waals surface area contributed by atoms with Crippen LogP contribution in [0.1, 0.15) is 51.9 Å². The van der Waals surface area contributed by atoms with Crippen LogP contribution in [0.25, 0.3) is 0 Å². The summed E-state index contributed by atoms with van der Waals surface area (Å²) < 4.78 is 4.92. The van der Waals surface area contributed by atoms with E-state index in [2.05, 4.69) is 17.3 Å². The van der Waals surface area contributed by atoms with Gasteiger partial charge in [-0.25, -0.2) is 0 Å². The van der Waals surface area contributed by atoms with Gasteiger partial charge in [0, 0.05) is 12.5 Å². The summed E-state index contributed by atoms with van der Waals surface area (Å²) in [6.07, 6.45) is 7.70. The second-order valence-electron chi connectivity index (χ2n) is 5.43. The molecule has 1 aliphatic rings. The lowest BCUT2D eigenvalue weighted by molar-refractivity contribution is -0.143. The lowest BCUT2D eigenvalue weighted by Gasteiger charge is -2.26. The van der Waals surface area contributed by atoms with Crippen molar-refractivity contribution in [3.8, 4) is 0 Å². The SMILES string of the molecule is CCOC(=O)CCCCCN(C)C1CCCNCC1. The van der Waals surface area contributed by atoms with E-state index < -0.39 is 0 Å². The van der Waals surface area contributed by atoms with Crippen LogP contribution in [0.5, 0.6) is 0 Å². The highest BCUT2D eigenvalue weighted by Gasteiger charge is 2.15. The number of carbonyl (C=O) groups excluding carboxylic acids is 1. The molecule has 0 radical (unpaired) electrons. The van der Waals surface area contributed by atoms with E-state index in [0.29, 0.717) is 13.0 Å². The quantitative estimate of drug-likeness (QED) is 0.542. The normalized spacial score (nSPS) is 20.3. The lowest BCUT2D eigenvalue weighted by atomic mass is 10.1. The summed E-state index contributed by atoms with van der Waals surface area (Å²) in [4.78, 5) is 13.7. The number of hydrogen-bond donors (Lipinski definition) is 1. The Labute approximate surface area is 117 Å². The molecule has 1 N–H and O–H groups in total. The van der Waals surface area contributed by atoms with Gasteiger partial charge in [-0.05, 0) is 65.7 Å². The molecule has 0 aromatic carbocycles. The maximum Gasteiger partial charge on any atom is 0.305 e. The van der Waals surface area contributed by atoms with Gasteiger partial charge in [-0.2, -0.15) is 0 Å². The Morgan fingerprint density at radius 3 is 2.89 bits per heavy atom. The molecule has 112 valence electrons. The molecule has 0 aromatic rings. The summed E-state index contributed by atoms with van der Waals surface area (Å²) in [7, 11) is 2.24. The van der Waals surface area contributed by atoms with Gasteiger partial charge in [0.05, 0.1) is 6.61 Å². The highest BCUT2D eigenvalue weighted by molar-refractivity contribution is 5.69. The molecule has 0 amide bonds. The van der Waals surface area contributed by atoms with Gasteiger partial charge in [-0.15, -0.1) is 0 Å². The minimum Gasteiger partial charge on any atom is -0.466 e. The predicted molar refractivity (Wildman–Crippen MR) is 78.2 cm³/mol. The van der Waals surface area contributed by atoms with Gasteiger partial charge in [0.15, 0.2) is 0 Å². The summed E-state index contributed by atoms with van der Waals surface area (Å²) in [5.74, 6) is -0.0503. The van der Waals surface area contributed by atoms with Gasteiger partial charge in [-0.3, -0.25) is 4.79 Å². The van der Waals surface area contributed by atoms with Crippen LogP contribution in [0.15, 0.2) is 0 Å². The summed E-state index contributed by atoms with van der Waals surface area (Å²) in [6, 6.07) is 0.736. The fourth-order valence-corrected chi connectivity index (χ4v) is 2.66. The number of hydrogen-bond acceptors (Lipinski definition) is 4. The monoisotopic (exact) mass is 270 g/mol. The van der Waals surface area contributed by atoms with Crippen molar-refractivity contribution < 1.29 is 9.53 Å². The Balaban J connectivity index is 2.03. The largest absolute Gasteiger partial charge is 0.466 e. The van der Waals surface area contributed by atoms with Crippen LogP contribution < -0.4 is 5.32 Å². The number of carbonyl (C=O) groups is 1. The Morgan fingerprint density at radius 2 is 2.11 bits per heavy atom. The van der Waals surface area contributed by atoms with Crippen LogP contribution in [0.2, 0.25) is 0 Å². The van der Waals surface area contributed by atoms with Gasteiger partial charge in [0.1, 0.15) is 0 Å². The van der Waals surface area contributed by atoms with Crippen molar-refractivity contribution in [3.05, 3.63) is 0 Å².